The number of ether oxygens (including phenoxy) is 1. The Morgan fingerprint density at radius 1 is 0.714 bits per heavy atom. The molecule has 7 heteroatoms. The largest absolute Gasteiger partial charge is 0.386 e. The van der Waals surface area contributed by atoms with Gasteiger partial charge in [-0.15, -0.1) is 0 Å². The molecule has 2 aromatic carbocycles. The van der Waals surface area contributed by atoms with E-state index < -0.39 is 11.9 Å². The molecule has 0 radical (unpaired) electrons. The summed E-state index contributed by atoms with van der Waals surface area (Å²) in [6.07, 6.45) is 0. The molecule has 0 aromatic heterocycles. The Balaban J connectivity index is 2.25. The molecule has 0 fully saturated rings. The van der Waals surface area contributed by atoms with E-state index in [-0.39, 0.29) is 11.1 Å². The normalized spacial score (nSPS) is 10.3. The van der Waals surface area contributed by atoms with Crippen LogP contribution in [-0.4, -0.2) is 11.9 Å². The molecule has 0 atom stereocenters. The Morgan fingerprint density at radius 2 is 1.10 bits per heavy atom. The number of hydrogen-bond acceptors (Lipinski definition) is 3. The van der Waals surface area contributed by atoms with Crippen molar-refractivity contribution in [2.75, 3.05) is 0 Å². The van der Waals surface area contributed by atoms with Gasteiger partial charge in [0.15, 0.2) is 0 Å². The lowest BCUT2D eigenvalue weighted by Gasteiger charge is -2.07. The predicted octanol–water partition coefficient (Wildman–Crippen LogP) is 5.73. The molecule has 108 valence electrons. The highest BCUT2D eigenvalue weighted by molar-refractivity contribution is 9.13. The van der Waals surface area contributed by atoms with E-state index in [1.165, 1.54) is 0 Å². The van der Waals surface area contributed by atoms with E-state index in [0.29, 0.717) is 17.9 Å². The van der Waals surface area contributed by atoms with Crippen molar-refractivity contribution in [2.24, 2.45) is 0 Å². The maximum atomic E-state index is 12.1. The summed E-state index contributed by atoms with van der Waals surface area (Å²) in [6.45, 7) is 0. The topological polar surface area (TPSA) is 43.4 Å². The Bertz CT molecular complexity index is 667. The molecular formula is C14H6Br4O3. The number of esters is 2. The zero-order valence-corrected chi connectivity index (χ0v) is 16.5. The Labute approximate surface area is 154 Å². The molecule has 0 aliphatic rings. The first-order valence-corrected chi connectivity index (χ1v) is 8.73. The highest BCUT2D eigenvalue weighted by Gasteiger charge is 2.20. The van der Waals surface area contributed by atoms with Crippen LogP contribution in [0.25, 0.3) is 0 Å². The summed E-state index contributed by atoms with van der Waals surface area (Å²) in [4.78, 5) is 24.2. The number of carbonyl (C=O) groups excluding carboxylic acids is 2. The van der Waals surface area contributed by atoms with Crippen molar-refractivity contribution < 1.29 is 14.3 Å². The first-order chi connectivity index (χ1) is 9.91. The second-order valence-electron chi connectivity index (χ2n) is 3.88. The van der Waals surface area contributed by atoms with Crippen LogP contribution >= 0.6 is 63.7 Å². The van der Waals surface area contributed by atoms with Gasteiger partial charge >= 0.3 is 11.9 Å². The van der Waals surface area contributed by atoms with Gasteiger partial charge in [-0.2, -0.15) is 0 Å². The quantitative estimate of drug-likeness (QED) is 0.360. The molecule has 3 nitrogen and oxygen atoms in total. The van der Waals surface area contributed by atoms with Crippen LogP contribution in [0.4, 0.5) is 0 Å². The average molecular weight is 542 g/mol. The molecule has 21 heavy (non-hydrogen) atoms. The minimum absolute atomic E-state index is 0.267. The van der Waals surface area contributed by atoms with Crippen LogP contribution in [-0.2, 0) is 4.74 Å². The molecule has 0 spiro atoms. The fourth-order valence-electron chi connectivity index (χ4n) is 1.52. The fraction of sp³-hybridized carbons (Fsp3) is 0. The number of hydrogen-bond donors (Lipinski definition) is 0. The van der Waals surface area contributed by atoms with Gasteiger partial charge in [0.25, 0.3) is 0 Å². The molecule has 0 saturated heterocycles. The van der Waals surface area contributed by atoms with Crippen LogP contribution in [0.2, 0.25) is 0 Å². The van der Waals surface area contributed by atoms with Crippen LogP contribution in [0.5, 0.6) is 0 Å². The van der Waals surface area contributed by atoms with E-state index in [0.717, 1.165) is 0 Å². The summed E-state index contributed by atoms with van der Waals surface area (Å²) in [7, 11) is 0. The molecule has 0 aliphatic carbocycles. The van der Waals surface area contributed by atoms with E-state index in [2.05, 4.69) is 63.7 Å². The summed E-state index contributed by atoms with van der Waals surface area (Å²) < 4.78 is 7.39. The molecule has 0 N–H and O–H groups in total. The van der Waals surface area contributed by atoms with E-state index >= 15 is 0 Å². The maximum Gasteiger partial charge on any atom is 0.347 e. The van der Waals surface area contributed by atoms with Crippen LogP contribution in [0.1, 0.15) is 20.7 Å². The van der Waals surface area contributed by atoms with E-state index in [4.69, 9.17) is 4.74 Å². The van der Waals surface area contributed by atoms with E-state index in [1.807, 2.05) is 0 Å². The first kappa shape index (κ1) is 16.9. The van der Waals surface area contributed by atoms with Crippen molar-refractivity contribution in [1.82, 2.24) is 0 Å². The highest BCUT2D eigenvalue weighted by Crippen LogP contribution is 2.29. The van der Waals surface area contributed by atoms with Gasteiger partial charge in [0, 0.05) is 17.9 Å². The monoisotopic (exact) mass is 538 g/mol. The summed E-state index contributed by atoms with van der Waals surface area (Å²) in [6, 6.07) is 10.1. The fourth-order valence-corrected chi connectivity index (χ4v) is 3.10. The molecule has 0 unspecified atom stereocenters. The lowest BCUT2D eigenvalue weighted by atomic mass is 10.2. The van der Waals surface area contributed by atoms with E-state index in [1.54, 1.807) is 36.4 Å². The molecule has 2 aromatic rings. The number of halogens is 4. The van der Waals surface area contributed by atoms with Crippen molar-refractivity contribution >= 4 is 75.7 Å². The number of benzene rings is 2. The third-order valence-electron chi connectivity index (χ3n) is 2.53. The van der Waals surface area contributed by atoms with Gasteiger partial charge in [-0.3, -0.25) is 0 Å². The zero-order valence-electron chi connectivity index (χ0n) is 10.2. The van der Waals surface area contributed by atoms with Crippen LogP contribution < -0.4 is 0 Å². The molecule has 0 heterocycles. The van der Waals surface area contributed by atoms with Gasteiger partial charge in [0.1, 0.15) is 0 Å². The van der Waals surface area contributed by atoms with Crippen molar-refractivity contribution in [3.8, 4) is 0 Å². The zero-order chi connectivity index (χ0) is 15.6. The lowest BCUT2D eigenvalue weighted by molar-refractivity contribution is 0.0396. The van der Waals surface area contributed by atoms with Crippen molar-refractivity contribution in [3.05, 3.63) is 65.4 Å². The van der Waals surface area contributed by atoms with Gasteiger partial charge in [0.05, 0.1) is 11.1 Å². The summed E-state index contributed by atoms with van der Waals surface area (Å²) in [5, 5.41) is 0. The Kier molecular flexibility index (Phi) is 5.76. The summed E-state index contributed by atoms with van der Waals surface area (Å²) >= 11 is 13.1. The lowest BCUT2D eigenvalue weighted by Crippen LogP contribution is -2.14. The van der Waals surface area contributed by atoms with Crippen LogP contribution in [0.15, 0.2) is 54.3 Å². The average Bonchev–Trinajstić information content (AvgIpc) is 2.44. The molecule has 2 rings (SSSR count). The Hall–Kier alpha value is -0.500. The van der Waals surface area contributed by atoms with Gasteiger partial charge in [-0.1, -0.05) is 12.1 Å². The van der Waals surface area contributed by atoms with Gasteiger partial charge < -0.3 is 4.74 Å². The van der Waals surface area contributed by atoms with Crippen molar-refractivity contribution in [2.45, 2.75) is 0 Å². The summed E-state index contributed by atoms with van der Waals surface area (Å²) in [5.74, 6) is -1.44. The third kappa shape index (κ3) is 3.83. The third-order valence-corrected chi connectivity index (χ3v) is 6.62. The maximum absolute atomic E-state index is 12.1. The van der Waals surface area contributed by atoms with Gasteiger partial charge in [-0.05, 0) is 88.0 Å². The highest BCUT2D eigenvalue weighted by atomic mass is 79.9. The van der Waals surface area contributed by atoms with Gasteiger partial charge in [0.2, 0.25) is 0 Å². The first-order valence-electron chi connectivity index (χ1n) is 5.56. The minimum atomic E-state index is -0.722. The molecule has 0 saturated carbocycles. The van der Waals surface area contributed by atoms with Crippen molar-refractivity contribution in [1.29, 1.82) is 0 Å². The molecule has 0 bridgehead atoms. The summed E-state index contributed by atoms with van der Waals surface area (Å²) in [5.41, 5.74) is 0.535. The standard InChI is InChI=1S/C14H6Br4O3/c15-9-5-1-3-7(11(9)17)13(19)21-14(20)8-4-2-6-10(16)12(8)18/h1-6H. The predicted molar refractivity (Wildman–Crippen MR) is 93.4 cm³/mol. The Morgan fingerprint density at radius 3 is 1.48 bits per heavy atom. The second kappa shape index (κ2) is 7.17. The molecule has 0 amide bonds. The second-order valence-corrected chi connectivity index (χ2v) is 7.17. The molecule has 0 aliphatic heterocycles. The SMILES string of the molecule is O=C(OC(=O)c1cccc(Br)c1Br)c1cccc(Br)c1Br. The van der Waals surface area contributed by atoms with Crippen LogP contribution in [0, 0.1) is 0 Å². The molecular weight excluding hydrogens is 536 g/mol. The number of carbonyl (C=O) groups is 2. The van der Waals surface area contributed by atoms with Crippen molar-refractivity contribution in [3.63, 3.8) is 0 Å². The van der Waals surface area contributed by atoms with Gasteiger partial charge in [-0.25, -0.2) is 9.59 Å². The minimum Gasteiger partial charge on any atom is -0.386 e. The number of rotatable bonds is 2. The van der Waals surface area contributed by atoms with E-state index in [9.17, 15) is 9.59 Å². The van der Waals surface area contributed by atoms with Crippen LogP contribution in [0.3, 0.4) is 0 Å². The smallest absolute Gasteiger partial charge is 0.347 e.